The van der Waals surface area contributed by atoms with Crippen molar-refractivity contribution in [3.63, 3.8) is 0 Å². The van der Waals surface area contributed by atoms with Gasteiger partial charge in [-0.05, 0) is 100 Å². The molecule has 6 aromatic rings. The molecule has 23 N–H and O–H groups in total. The second-order valence-electron chi connectivity index (χ2n) is 21.9. The minimum absolute atomic E-state index is 0.0446. The molecule has 0 radical (unpaired) electrons. The third-order valence-corrected chi connectivity index (χ3v) is 15.0. The van der Waals surface area contributed by atoms with Gasteiger partial charge in [0.1, 0.15) is 42.3 Å². The van der Waals surface area contributed by atoms with Gasteiger partial charge in [-0.3, -0.25) is 53.5 Å². The molecular weight excluding hydrogens is 1130 g/mol. The van der Waals surface area contributed by atoms with Gasteiger partial charge in [0.2, 0.25) is 41.4 Å². The number of benzene rings is 6. The lowest BCUT2D eigenvalue weighted by Crippen LogP contribution is -2.60. The highest BCUT2D eigenvalue weighted by atomic mass is 16.2. The van der Waals surface area contributed by atoms with Crippen molar-refractivity contribution in [2.24, 2.45) is 65.8 Å². The molecule has 470 valence electrons. The maximum absolute atomic E-state index is 15.3. The van der Waals surface area contributed by atoms with Gasteiger partial charge in [0.25, 0.3) is 0 Å². The van der Waals surface area contributed by atoms with Gasteiger partial charge >= 0.3 is 0 Å². The van der Waals surface area contributed by atoms with Crippen LogP contribution in [0.3, 0.4) is 0 Å². The number of nitrogens with one attached hydrogen (secondary N) is 7. The average molecular weight is 1220 g/mol. The van der Waals surface area contributed by atoms with E-state index in [2.05, 4.69) is 57.2 Å². The molecule has 0 bridgehead atoms. The van der Waals surface area contributed by atoms with Crippen molar-refractivity contribution in [1.82, 2.24) is 37.2 Å². The highest BCUT2D eigenvalue weighted by molar-refractivity contribution is 5.99. The van der Waals surface area contributed by atoms with Crippen LogP contribution in [-0.2, 0) is 52.8 Å². The van der Waals surface area contributed by atoms with E-state index in [1.807, 2.05) is 121 Å². The number of fused-ring (bicyclic) bond motifs is 3. The van der Waals surface area contributed by atoms with E-state index in [-0.39, 0.29) is 121 Å². The summed E-state index contributed by atoms with van der Waals surface area (Å²) in [6.07, 6.45) is -0.0155. The topological polar surface area (TPSA) is 461 Å². The lowest BCUT2D eigenvalue weighted by atomic mass is 9.98. The summed E-state index contributed by atoms with van der Waals surface area (Å²) < 4.78 is 0. The monoisotopic (exact) mass is 1220 g/mol. The Balaban J connectivity index is 1.36. The largest absolute Gasteiger partial charge is 0.370 e. The van der Waals surface area contributed by atoms with Crippen molar-refractivity contribution in [3.05, 3.63) is 144 Å². The van der Waals surface area contributed by atoms with E-state index < -0.39 is 83.6 Å². The number of nitrogens with two attached hydrogens (primary N) is 8. The summed E-state index contributed by atoms with van der Waals surface area (Å²) in [7, 11) is 0. The number of carbonyl (C=O) groups excluding carboxylic acids is 7. The number of nitrogens with zero attached hydrogens (tertiary/aromatic N) is 4. The van der Waals surface area contributed by atoms with Gasteiger partial charge < -0.3 is 83.1 Å². The molecule has 0 aromatic heterocycles. The van der Waals surface area contributed by atoms with Crippen LogP contribution in [0.1, 0.15) is 68.1 Å². The Morgan fingerprint density at radius 3 is 0.708 bits per heavy atom. The number of rotatable bonds is 22. The van der Waals surface area contributed by atoms with Crippen LogP contribution in [0.25, 0.3) is 32.3 Å². The first kappa shape index (κ1) is 66.0. The zero-order valence-electron chi connectivity index (χ0n) is 49.5. The van der Waals surface area contributed by atoms with Gasteiger partial charge in [0, 0.05) is 45.4 Å². The van der Waals surface area contributed by atoms with Crippen molar-refractivity contribution in [2.75, 3.05) is 26.2 Å². The number of amides is 7. The molecule has 1 fully saturated rings. The second kappa shape index (κ2) is 32.8. The van der Waals surface area contributed by atoms with Crippen LogP contribution >= 0.6 is 0 Å². The first-order chi connectivity index (χ1) is 42.8. The molecule has 1 saturated heterocycles. The third kappa shape index (κ3) is 20.9. The van der Waals surface area contributed by atoms with Crippen molar-refractivity contribution >= 4 is 97.5 Å². The number of carbonyl (C=O) groups is 7. The maximum Gasteiger partial charge on any atom is 0.243 e. The van der Waals surface area contributed by atoms with E-state index >= 15 is 19.2 Å². The molecular formula is C63H81N19O7. The molecule has 0 aliphatic carbocycles. The van der Waals surface area contributed by atoms with Crippen LogP contribution in [0.4, 0.5) is 0 Å². The Hall–Kier alpha value is -10.5. The molecule has 0 saturated carbocycles. The standard InChI is InChI=1S/C63H81N19O7/c64-60(65)72-27-7-17-46-53(83)77-49(20-10-30-75-63(70)71)56(86)81-52(36-39-23-26-42-13-3-6-16-45(42)33-39)59(89)82-51(35-38-22-25-41-12-2-5-15-44(41)32-38)58(88)79-47(18-8-28-73-61(66)67)54(84)76-48(19-9-29-74-62(68)69)55(85)80-50(57(87)78-46)34-37-21-24-40-11-1-4-14-43(40)31-37/h1-6,11-16,21-26,31-33,46-52H,7-10,17-20,27-30,34-36H2,(H,76,84)(H,77,83)(H,78,87)(H,79,88)(H,80,85)(H,81,86)(H,82,89)(H4,64,65,72)(H4,66,67,73)(H4,68,69,74)(H4,70,71,75)/t46-,47-,48-,49-,50-,51-,52-/m0/s1. The molecule has 26 nitrogen and oxygen atoms in total. The Labute approximate surface area is 515 Å². The molecule has 1 aliphatic heterocycles. The summed E-state index contributed by atoms with van der Waals surface area (Å²) in [5.74, 6) is -6.48. The van der Waals surface area contributed by atoms with Crippen molar-refractivity contribution < 1.29 is 33.6 Å². The van der Waals surface area contributed by atoms with Crippen LogP contribution in [0.15, 0.2) is 147 Å². The van der Waals surface area contributed by atoms with Crippen molar-refractivity contribution in [2.45, 2.75) is 113 Å². The normalized spacial score (nSPS) is 19.8. The Morgan fingerprint density at radius 2 is 0.483 bits per heavy atom. The van der Waals surface area contributed by atoms with Crippen LogP contribution < -0.4 is 83.1 Å². The van der Waals surface area contributed by atoms with Crippen LogP contribution in [0.2, 0.25) is 0 Å². The molecule has 1 heterocycles. The Bertz CT molecular complexity index is 3470. The molecule has 0 unspecified atom stereocenters. The summed E-state index contributed by atoms with van der Waals surface area (Å²) in [5.41, 5.74) is 47.3. The minimum Gasteiger partial charge on any atom is -0.370 e. The number of hydrogen-bond acceptors (Lipinski definition) is 11. The number of guanidine groups is 4. The number of aliphatic imine (C=N–C) groups is 4. The highest BCUT2D eigenvalue weighted by Gasteiger charge is 2.36. The van der Waals surface area contributed by atoms with E-state index in [0.717, 1.165) is 32.3 Å². The van der Waals surface area contributed by atoms with Gasteiger partial charge in [0.15, 0.2) is 23.8 Å². The molecule has 0 spiro atoms. The Kier molecular flexibility index (Phi) is 24.3. The lowest BCUT2D eigenvalue weighted by Gasteiger charge is -2.28. The molecule has 26 heteroatoms. The molecule has 7 rings (SSSR count). The Morgan fingerprint density at radius 1 is 0.281 bits per heavy atom. The summed E-state index contributed by atoms with van der Waals surface area (Å²) in [5, 5.41) is 25.3. The quantitative estimate of drug-likeness (QED) is 0.0238. The smallest absolute Gasteiger partial charge is 0.243 e. The van der Waals surface area contributed by atoms with Crippen molar-refractivity contribution in [3.8, 4) is 0 Å². The summed E-state index contributed by atoms with van der Waals surface area (Å²) >= 11 is 0. The predicted molar refractivity (Wildman–Crippen MR) is 346 cm³/mol. The van der Waals surface area contributed by atoms with E-state index in [9.17, 15) is 14.4 Å². The average Bonchev–Trinajstić information content (AvgIpc) is 3.64. The highest BCUT2D eigenvalue weighted by Crippen LogP contribution is 2.21. The molecule has 7 amide bonds. The zero-order chi connectivity index (χ0) is 63.8. The van der Waals surface area contributed by atoms with E-state index in [4.69, 9.17) is 45.9 Å². The van der Waals surface area contributed by atoms with Gasteiger partial charge in [-0.25, -0.2) is 0 Å². The second-order valence-corrected chi connectivity index (χ2v) is 21.9. The van der Waals surface area contributed by atoms with Gasteiger partial charge in [0.05, 0.1) is 0 Å². The zero-order valence-corrected chi connectivity index (χ0v) is 49.5. The minimum atomic E-state index is -1.42. The third-order valence-electron chi connectivity index (χ3n) is 15.0. The van der Waals surface area contributed by atoms with Gasteiger partial charge in [-0.1, -0.05) is 127 Å². The lowest BCUT2D eigenvalue weighted by molar-refractivity contribution is -0.135. The fourth-order valence-electron chi connectivity index (χ4n) is 10.4. The molecule has 6 aromatic carbocycles. The van der Waals surface area contributed by atoms with Gasteiger partial charge in [-0.2, -0.15) is 0 Å². The van der Waals surface area contributed by atoms with E-state index in [0.29, 0.717) is 16.7 Å². The SMILES string of the molecule is NC(N)=NCCC[C@@H]1NC(=O)[C@H](CCCN=C(N)N)NC(=O)[C@H](Cc2ccc3ccccc3c2)NC(=O)[C@H](Cc2ccc3ccccc3c2)NC(=O)[C@H](CCCN=C(N)N)NC(=O)[C@H](CCCN=C(N)N)NC(=O)[C@H](Cc2ccc3ccccc3c2)NC1=O. The summed E-state index contributed by atoms with van der Waals surface area (Å²) in [6, 6.07) is 29.6. The fourth-order valence-corrected chi connectivity index (χ4v) is 10.4. The molecule has 1 aliphatic rings. The van der Waals surface area contributed by atoms with Crippen LogP contribution in [-0.4, -0.2) is 134 Å². The number of hydrogen-bond donors (Lipinski definition) is 15. The van der Waals surface area contributed by atoms with E-state index in [1.165, 1.54) is 0 Å². The van der Waals surface area contributed by atoms with Crippen LogP contribution in [0, 0.1) is 0 Å². The van der Waals surface area contributed by atoms with Crippen LogP contribution in [0.5, 0.6) is 0 Å². The first-order valence-corrected chi connectivity index (χ1v) is 29.6. The summed E-state index contributed by atoms with van der Waals surface area (Å²) in [6.45, 7) is 0.183. The maximum atomic E-state index is 15.3. The van der Waals surface area contributed by atoms with Gasteiger partial charge in [-0.15, -0.1) is 0 Å². The fraction of sp³-hybridized carbons (Fsp3) is 0.349. The summed E-state index contributed by atoms with van der Waals surface area (Å²) in [4.78, 5) is 122. The predicted octanol–water partition coefficient (Wildman–Crippen LogP) is -0.204. The van der Waals surface area contributed by atoms with Crippen molar-refractivity contribution in [1.29, 1.82) is 0 Å². The molecule has 7 atom stereocenters. The first-order valence-electron chi connectivity index (χ1n) is 29.6. The molecule has 89 heavy (non-hydrogen) atoms. The van der Waals surface area contributed by atoms with E-state index in [1.54, 1.807) is 6.07 Å².